The third-order valence-corrected chi connectivity index (χ3v) is 19.4. The summed E-state index contributed by atoms with van der Waals surface area (Å²) in [6.07, 6.45) is 3.09. The molecule has 5 atom stereocenters. The van der Waals surface area contributed by atoms with Gasteiger partial charge in [0, 0.05) is 42.2 Å². The number of rotatable bonds is 10. The summed E-state index contributed by atoms with van der Waals surface area (Å²) in [7, 11) is -0.972. The fraction of sp³-hybridized carbons (Fsp3) is 0.358. The number of carbonyl (C=O) groups excluding carboxylic acids is 4. The van der Waals surface area contributed by atoms with Crippen molar-refractivity contribution in [2.75, 3.05) is 35.0 Å². The van der Waals surface area contributed by atoms with Crippen molar-refractivity contribution in [1.82, 2.24) is 4.90 Å². The van der Waals surface area contributed by atoms with Crippen LogP contribution < -0.4 is 24.6 Å². The molecule has 0 bridgehead atoms. The first-order valence-electron chi connectivity index (χ1n) is 23.0. The number of aryl methyl sites for hydroxylation is 2. The first-order valence-corrected chi connectivity index (χ1v) is 26.1. The Hall–Kier alpha value is -6.08. The van der Waals surface area contributed by atoms with Crippen LogP contribution in [0.3, 0.4) is 0 Å². The van der Waals surface area contributed by atoms with Crippen LogP contribution in [-0.2, 0) is 48.9 Å². The van der Waals surface area contributed by atoms with Crippen molar-refractivity contribution < 1.29 is 33.8 Å². The summed E-state index contributed by atoms with van der Waals surface area (Å²) in [5, 5.41) is 11.4. The molecule has 1 spiro atoms. The molecule has 10 rings (SSSR count). The predicted molar refractivity (Wildman–Crippen MR) is 254 cm³/mol. The fourth-order valence-electron chi connectivity index (χ4n) is 11.8. The van der Waals surface area contributed by atoms with Crippen molar-refractivity contribution in [2.45, 2.75) is 94.8 Å². The van der Waals surface area contributed by atoms with Crippen LogP contribution in [0.5, 0.6) is 5.75 Å². The second kappa shape index (κ2) is 16.7. The van der Waals surface area contributed by atoms with Gasteiger partial charge in [-0.05, 0) is 103 Å². The maximum atomic E-state index is 16.0. The zero-order chi connectivity index (χ0) is 45.2. The van der Waals surface area contributed by atoms with Crippen LogP contribution in [0.1, 0.15) is 61.3 Å². The average molecular weight is 889 g/mol. The van der Waals surface area contributed by atoms with Gasteiger partial charge < -0.3 is 24.4 Å². The van der Waals surface area contributed by atoms with Gasteiger partial charge in [-0.25, -0.2) is 0 Å². The first-order chi connectivity index (χ1) is 31.4. The van der Waals surface area contributed by atoms with E-state index in [4.69, 9.17) is 9.47 Å². The van der Waals surface area contributed by atoms with Crippen LogP contribution in [0.2, 0.25) is 18.6 Å². The summed E-state index contributed by atoms with van der Waals surface area (Å²) in [6.45, 7) is 7.37. The molecule has 0 aromatic heterocycles. The molecular weight excluding hydrogens is 833 g/mol. The maximum Gasteiger partial charge on any atom is 0.264 e. The van der Waals surface area contributed by atoms with E-state index >= 15 is 4.79 Å². The molecule has 0 radical (unpaired) electrons. The van der Waals surface area contributed by atoms with Gasteiger partial charge in [0.05, 0.1) is 64.0 Å². The van der Waals surface area contributed by atoms with Crippen LogP contribution >= 0.6 is 0 Å². The Morgan fingerprint density at radius 1 is 0.785 bits per heavy atom. The molecule has 5 aliphatic heterocycles. The van der Waals surface area contributed by atoms with E-state index < -0.39 is 25.7 Å². The zero-order valence-corrected chi connectivity index (χ0v) is 38.5. The molecule has 0 aliphatic carbocycles. The molecule has 4 amide bonds. The van der Waals surface area contributed by atoms with Crippen molar-refractivity contribution in [3.63, 3.8) is 0 Å². The Labute approximate surface area is 381 Å². The third-order valence-electron chi connectivity index (χ3n) is 15.1. The van der Waals surface area contributed by atoms with Crippen molar-refractivity contribution in [2.24, 2.45) is 5.92 Å². The third kappa shape index (κ3) is 7.08. The summed E-state index contributed by atoms with van der Waals surface area (Å²) in [4.78, 5) is 65.0. The van der Waals surface area contributed by atoms with Gasteiger partial charge >= 0.3 is 0 Å². The number of amides is 4. The lowest BCUT2D eigenvalue weighted by Crippen LogP contribution is -2.52. The van der Waals surface area contributed by atoms with Crippen molar-refractivity contribution in [1.29, 1.82) is 0 Å². The number of hydrogen-bond acceptors (Lipinski definition) is 7. The monoisotopic (exact) mass is 888 g/mol. The minimum atomic E-state index is -2.62. The van der Waals surface area contributed by atoms with Crippen LogP contribution in [0, 0.1) is 5.92 Å². The fourth-order valence-corrected chi connectivity index (χ4v) is 15.9. The Morgan fingerprint density at radius 3 is 2.08 bits per heavy atom. The number of nitrogens with zero attached hydrogens (tertiary/aromatic N) is 4. The van der Waals surface area contributed by atoms with E-state index in [1.807, 2.05) is 91.0 Å². The summed E-state index contributed by atoms with van der Waals surface area (Å²) in [5.41, 5.74) is 5.75. The molecular formula is C53H56N4O7Si. The predicted octanol–water partition coefficient (Wildman–Crippen LogP) is 8.05. The van der Waals surface area contributed by atoms with Crippen LogP contribution in [-0.4, -0.2) is 74.1 Å². The Morgan fingerprint density at radius 2 is 1.43 bits per heavy atom. The molecule has 5 aliphatic rings. The SMILES string of the molecule is COc1ccc([Si](C)(C)[C@H]2[C@H](CC(=O)N3CCC[C@H]3CO)O[C@@]3(C(=O)N(Cc4cccc(N5C(=O)CCc6ccccc65)c4)c4ccc(N5C(=O)CCc6ccccc65)cc43)[C@@H]2C)cc1. The van der Waals surface area contributed by atoms with E-state index in [0.29, 0.717) is 49.2 Å². The lowest BCUT2D eigenvalue weighted by molar-refractivity contribution is -0.150. The highest BCUT2D eigenvalue weighted by atomic mass is 28.3. The molecule has 2 saturated heterocycles. The number of methoxy groups -OCH3 is 1. The summed E-state index contributed by atoms with van der Waals surface area (Å²) in [6, 6.07) is 37.6. The lowest BCUT2D eigenvalue weighted by atomic mass is 9.82. The minimum Gasteiger partial charge on any atom is -0.497 e. The molecule has 0 unspecified atom stereocenters. The van der Waals surface area contributed by atoms with Crippen molar-refractivity contribution >= 4 is 65.3 Å². The second-order valence-electron chi connectivity index (χ2n) is 18.9. The smallest absolute Gasteiger partial charge is 0.264 e. The van der Waals surface area contributed by atoms with Gasteiger partial charge in [0.15, 0.2) is 5.60 Å². The molecule has 65 heavy (non-hydrogen) atoms. The van der Waals surface area contributed by atoms with Gasteiger partial charge in [0.25, 0.3) is 5.91 Å². The van der Waals surface area contributed by atoms with Crippen molar-refractivity contribution in [3.8, 4) is 5.75 Å². The molecule has 1 N–H and O–H groups in total. The number of anilines is 5. The zero-order valence-electron chi connectivity index (χ0n) is 37.5. The van der Waals surface area contributed by atoms with E-state index in [2.05, 4.69) is 44.3 Å². The number of carbonyl (C=O) groups is 4. The van der Waals surface area contributed by atoms with E-state index in [-0.39, 0.29) is 54.8 Å². The normalized spacial score (nSPS) is 23.9. The van der Waals surface area contributed by atoms with Gasteiger partial charge in [-0.3, -0.25) is 29.0 Å². The summed E-state index contributed by atoms with van der Waals surface area (Å²) < 4.78 is 13.0. The topological polar surface area (TPSA) is 120 Å². The largest absolute Gasteiger partial charge is 0.497 e. The average Bonchev–Trinajstić information content (AvgIpc) is 3.99. The molecule has 334 valence electrons. The number of likely N-dealkylation sites (tertiary alicyclic amines) is 1. The second-order valence-corrected chi connectivity index (χ2v) is 23.6. The molecule has 5 aromatic rings. The Bertz CT molecular complexity index is 2700. The highest BCUT2D eigenvalue weighted by molar-refractivity contribution is 6.91. The van der Waals surface area contributed by atoms with Crippen LogP contribution in [0.15, 0.2) is 115 Å². The lowest BCUT2D eigenvalue weighted by Gasteiger charge is -2.37. The Balaban J connectivity index is 1.10. The molecule has 0 saturated carbocycles. The molecule has 11 nitrogen and oxygen atoms in total. The van der Waals surface area contributed by atoms with Crippen LogP contribution in [0.25, 0.3) is 0 Å². The van der Waals surface area contributed by atoms with E-state index in [9.17, 15) is 19.5 Å². The summed E-state index contributed by atoms with van der Waals surface area (Å²) in [5.74, 6) is 0.0334. The van der Waals surface area contributed by atoms with Gasteiger partial charge in [-0.2, -0.15) is 0 Å². The van der Waals surface area contributed by atoms with Crippen LogP contribution in [0.4, 0.5) is 28.4 Å². The molecule has 2 fully saturated rings. The van der Waals surface area contributed by atoms with E-state index in [0.717, 1.165) is 57.5 Å². The quantitative estimate of drug-likeness (QED) is 0.141. The highest BCUT2D eigenvalue weighted by Gasteiger charge is 2.67. The number of hydrogen-bond donors (Lipinski definition) is 1. The maximum absolute atomic E-state index is 16.0. The minimum absolute atomic E-state index is 0.0199. The standard InChI is InChI=1S/C53H56N4O7Si/c1-34-51(65(3,4)42-23-21-41(63-2)22-24-42)47(31-50(61)54-28-10-15-40(54)33-58)64-53(34)43-30-39(57-45-17-8-6-13-37(45)19-27-49(57)60)20-25-46(43)55(52(53)62)32-35-11-9-14-38(29-35)56-44-16-7-5-12-36(44)18-26-48(56)59/h5-9,11-14,16-17,20-25,29-30,34,40,47,51,58H,10,15,18-19,26-28,31-33H2,1-4H3/t34-,40+,47+,51-,53+/m1/s1. The van der Waals surface area contributed by atoms with Gasteiger partial charge in [-0.1, -0.05) is 85.9 Å². The molecule has 5 aromatic carbocycles. The van der Waals surface area contributed by atoms with Gasteiger partial charge in [0.2, 0.25) is 17.7 Å². The van der Waals surface area contributed by atoms with Crippen molar-refractivity contribution in [3.05, 3.63) is 138 Å². The number of benzene rings is 5. The number of ether oxygens (including phenoxy) is 2. The molecule has 12 heteroatoms. The van der Waals surface area contributed by atoms with E-state index in [1.54, 1.807) is 26.7 Å². The molecule has 5 heterocycles. The number of fused-ring (bicyclic) bond motifs is 4. The van der Waals surface area contributed by atoms with E-state index in [1.165, 1.54) is 0 Å². The number of para-hydroxylation sites is 2. The number of aliphatic hydroxyl groups excluding tert-OH is 1. The van der Waals surface area contributed by atoms with Gasteiger partial charge in [-0.15, -0.1) is 0 Å². The number of aliphatic hydroxyl groups is 1. The first kappa shape index (κ1) is 42.8. The van der Waals surface area contributed by atoms with Gasteiger partial charge in [0.1, 0.15) is 5.75 Å². The summed E-state index contributed by atoms with van der Waals surface area (Å²) >= 11 is 0. The Kier molecular flexibility index (Phi) is 11.0. The highest BCUT2D eigenvalue weighted by Crippen LogP contribution is 2.61.